The Labute approximate surface area is 176 Å². The molecule has 0 bridgehead atoms. The van der Waals surface area contributed by atoms with E-state index in [1.54, 1.807) is 7.11 Å². The van der Waals surface area contributed by atoms with Crippen molar-refractivity contribution in [2.24, 2.45) is 11.8 Å². The molecule has 1 aromatic rings. The van der Waals surface area contributed by atoms with E-state index in [4.69, 9.17) is 9.47 Å². The third-order valence-electron chi connectivity index (χ3n) is 6.50. The highest BCUT2D eigenvalue weighted by Crippen LogP contribution is 2.35. The van der Waals surface area contributed by atoms with Crippen LogP contribution >= 0.6 is 0 Å². The van der Waals surface area contributed by atoms with Gasteiger partial charge in [0.2, 0.25) is 0 Å². The van der Waals surface area contributed by atoms with Crippen LogP contribution in [0.3, 0.4) is 0 Å². The number of amides is 1. The van der Waals surface area contributed by atoms with Gasteiger partial charge in [-0.1, -0.05) is 20.3 Å². The number of ether oxygens (including phenoxy) is 2. The first-order chi connectivity index (χ1) is 14.0. The summed E-state index contributed by atoms with van der Waals surface area (Å²) in [6, 6.07) is 7.69. The Morgan fingerprint density at radius 1 is 1.17 bits per heavy atom. The van der Waals surface area contributed by atoms with Crippen LogP contribution < -0.4 is 10.1 Å². The predicted molar refractivity (Wildman–Crippen MR) is 117 cm³/mol. The van der Waals surface area contributed by atoms with E-state index in [9.17, 15) is 4.79 Å². The van der Waals surface area contributed by atoms with Crippen molar-refractivity contribution in [1.29, 1.82) is 0 Å². The summed E-state index contributed by atoms with van der Waals surface area (Å²) in [6.07, 6.45) is 7.49. The summed E-state index contributed by atoms with van der Waals surface area (Å²) in [4.78, 5) is 15.4. The minimum Gasteiger partial charge on any atom is -0.494 e. The fourth-order valence-corrected chi connectivity index (χ4v) is 4.83. The Kier molecular flexibility index (Phi) is 7.96. The van der Waals surface area contributed by atoms with Gasteiger partial charge in [-0.2, -0.15) is 0 Å². The predicted octanol–water partition coefficient (Wildman–Crippen LogP) is 4.72. The maximum atomic E-state index is 12.9. The number of hydrogen-bond donors (Lipinski definition) is 1. The number of nitrogens with zero attached hydrogens (tertiary/aromatic N) is 1. The summed E-state index contributed by atoms with van der Waals surface area (Å²) in [7, 11) is 1.65. The van der Waals surface area contributed by atoms with E-state index < -0.39 is 5.60 Å². The second-order valence-electron chi connectivity index (χ2n) is 9.13. The maximum Gasteiger partial charge on any atom is 0.256 e. The number of benzene rings is 1. The van der Waals surface area contributed by atoms with Crippen molar-refractivity contribution in [1.82, 2.24) is 4.90 Å². The highest BCUT2D eigenvalue weighted by Gasteiger charge is 2.41. The highest BCUT2D eigenvalue weighted by molar-refractivity contribution is 5.97. The summed E-state index contributed by atoms with van der Waals surface area (Å²) in [5.74, 6) is 2.15. The molecule has 1 N–H and O–H groups in total. The first kappa shape index (κ1) is 22.1. The third-order valence-corrected chi connectivity index (χ3v) is 6.50. The first-order valence-corrected chi connectivity index (χ1v) is 11.3. The average Bonchev–Trinajstić information content (AvgIpc) is 2.72. The van der Waals surface area contributed by atoms with Crippen LogP contribution in [0.4, 0.5) is 5.69 Å². The van der Waals surface area contributed by atoms with Gasteiger partial charge in [0.1, 0.15) is 11.4 Å². The van der Waals surface area contributed by atoms with Gasteiger partial charge in [0.15, 0.2) is 0 Å². The van der Waals surface area contributed by atoms with Crippen molar-refractivity contribution < 1.29 is 14.3 Å². The van der Waals surface area contributed by atoms with Crippen LogP contribution in [0, 0.1) is 11.8 Å². The molecule has 0 spiro atoms. The molecule has 29 heavy (non-hydrogen) atoms. The fraction of sp³-hybridized carbons (Fsp3) is 0.708. The molecule has 0 aromatic heterocycles. The maximum absolute atomic E-state index is 12.9. The lowest BCUT2D eigenvalue weighted by molar-refractivity contribution is -0.143. The van der Waals surface area contributed by atoms with E-state index >= 15 is 0 Å². The zero-order valence-electron chi connectivity index (χ0n) is 18.4. The zero-order valence-corrected chi connectivity index (χ0v) is 18.4. The fourth-order valence-electron chi connectivity index (χ4n) is 4.83. The van der Waals surface area contributed by atoms with Crippen molar-refractivity contribution in [3.8, 4) is 5.75 Å². The van der Waals surface area contributed by atoms with Gasteiger partial charge in [0, 0.05) is 25.9 Å². The summed E-state index contributed by atoms with van der Waals surface area (Å²) < 4.78 is 11.6. The molecule has 0 unspecified atom stereocenters. The van der Waals surface area contributed by atoms with E-state index in [0.717, 1.165) is 56.2 Å². The molecule has 1 saturated heterocycles. The Morgan fingerprint density at radius 2 is 1.93 bits per heavy atom. The zero-order chi connectivity index (χ0) is 20.7. The second-order valence-corrected chi connectivity index (χ2v) is 9.13. The highest BCUT2D eigenvalue weighted by atomic mass is 16.5. The van der Waals surface area contributed by atoms with Crippen molar-refractivity contribution in [3.05, 3.63) is 24.3 Å². The number of carbonyl (C=O) groups is 1. The number of hydrogen-bond acceptors (Lipinski definition) is 4. The number of methoxy groups -OCH3 is 1. The van der Waals surface area contributed by atoms with Gasteiger partial charge in [-0.15, -0.1) is 0 Å². The normalized spacial score (nSPS) is 28.1. The van der Waals surface area contributed by atoms with Crippen molar-refractivity contribution in [3.63, 3.8) is 0 Å². The Morgan fingerprint density at radius 3 is 2.62 bits per heavy atom. The molecule has 162 valence electrons. The van der Waals surface area contributed by atoms with Crippen LogP contribution in [-0.2, 0) is 9.53 Å². The van der Waals surface area contributed by atoms with E-state index in [1.807, 2.05) is 24.3 Å². The minimum atomic E-state index is -0.696. The van der Waals surface area contributed by atoms with Gasteiger partial charge in [0.05, 0.1) is 6.61 Å². The first-order valence-electron chi connectivity index (χ1n) is 11.3. The molecule has 1 aliphatic heterocycles. The molecule has 1 saturated carbocycles. The molecule has 1 aromatic carbocycles. The van der Waals surface area contributed by atoms with E-state index in [1.165, 1.54) is 32.4 Å². The largest absolute Gasteiger partial charge is 0.494 e. The van der Waals surface area contributed by atoms with Crippen LogP contribution in [0.2, 0.25) is 0 Å². The molecule has 5 nitrogen and oxygen atoms in total. The molecule has 1 heterocycles. The number of anilines is 1. The molecular formula is C24H38N2O3. The SMILES string of the molecule is CO[C@@]1(C(=O)Nc2ccc(OCCCN3CCC[C@@H](C)C3)cc2)CCC[C@@H](C)C1. The molecular weight excluding hydrogens is 364 g/mol. The second kappa shape index (κ2) is 10.4. The van der Waals surface area contributed by atoms with Crippen LogP contribution in [0.25, 0.3) is 0 Å². The molecule has 1 amide bonds. The standard InChI is InChI=1S/C24H38N2O3/c1-19-7-4-13-24(17-19,28-3)23(27)25-21-9-11-22(12-10-21)29-16-6-15-26-14-5-8-20(2)18-26/h9-12,19-20H,4-8,13-18H2,1-3H3,(H,25,27)/t19-,20-,24+/m1/s1. The number of rotatable bonds is 8. The molecule has 5 heteroatoms. The quantitative estimate of drug-likeness (QED) is 0.639. The molecule has 1 aliphatic carbocycles. The lowest BCUT2D eigenvalue weighted by Crippen LogP contribution is -2.47. The van der Waals surface area contributed by atoms with Crippen molar-refractivity contribution in [2.75, 3.05) is 38.7 Å². The lowest BCUT2D eigenvalue weighted by atomic mass is 9.78. The van der Waals surface area contributed by atoms with Crippen molar-refractivity contribution >= 4 is 11.6 Å². The third kappa shape index (κ3) is 6.19. The Bertz CT molecular complexity index is 648. The van der Waals surface area contributed by atoms with Gasteiger partial charge in [-0.05, 0) is 81.2 Å². The number of nitrogens with one attached hydrogen (secondary N) is 1. The van der Waals surface area contributed by atoms with Crippen LogP contribution in [0.1, 0.15) is 58.8 Å². The topological polar surface area (TPSA) is 50.8 Å². The monoisotopic (exact) mass is 402 g/mol. The molecule has 0 radical (unpaired) electrons. The minimum absolute atomic E-state index is 0.0315. The van der Waals surface area contributed by atoms with Gasteiger partial charge in [0.25, 0.3) is 5.91 Å². The van der Waals surface area contributed by atoms with Crippen LogP contribution in [0.5, 0.6) is 5.75 Å². The van der Waals surface area contributed by atoms with Crippen LogP contribution in [0.15, 0.2) is 24.3 Å². The molecule has 2 aliphatic rings. The van der Waals surface area contributed by atoms with E-state index in [-0.39, 0.29) is 5.91 Å². The average molecular weight is 403 g/mol. The number of piperidine rings is 1. The number of carbonyl (C=O) groups excluding carboxylic acids is 1. The van der Waals surface area contributed by atoms with Gasteiger partial charge < -0.3 is 19.7 Å². The van der Waals surface area contributed by atoms with Gasteiger partial charge >= 0.3 is 0 Å². The molecule has 3 atom stereocenters. The Hall–Kier alpha value is -1.59. The molecule has 2 fully saturated rings. The summed E-state index contributed by atoms with van der Waals surface area (Å²) in [5, 5.41) is 3.04. The van der Waals surface area contributed by atoms with E-state index in [2.05, 4.69) is 24.1 Å². The van der Waals surface area contributed by atoms with Crippen molar-refractivity contribution in [2.45, 2.75) is 64.4 Å². The summed E-state index contributed by atoms with van der Waals surface area (Å²) in [5.41, 5.74) is 0.0954. The molecule has 3 rings (SSSR count). The smallest absolute Gasteiger partial charge is 0.256 e. The van der Waals surface area contributed by atoms with E-state index in [0.29, 0.717) is 5.92 Å². The Balaban J connectivity index is 1.43. The van der Waals surface area contributed by atoms with Crippen LogP contribution in [-0.4, -0.2) is 49.8 Å². The summed E-state index contributed by atoms with van der Waals surface area (Å²) >= 11 is 0. The van der Waals surface area contributed by atoms with Gasteiger partial charge in [-0.25, -0.2) is 0 Å². The van der Waals surface area contributed by atoms with Gasteiger partial charge in [-0.3, -0.25) is 4.79 Å². The number of likely N-dealkylation sites (tertiary alicyclic amines) is 1. The summed E-state index contributed by atoms with van der Waals surface area (Å²) in [6.45, 7) is 8.80. The lowest BCUT2D eigenvalue weighted by Gasteiger charge is -2.37.